The maximum atomic E-state index is 4.04. The summed E-state index contributed by atoms with van der Waals surface area (Å²) in [7, 11) is 0. The third kappa shape index (κ3) is 2.23. The molecule has 0 fully saturated rings. The van der Waals surface area contributed by atoms with Crippen LogP contribution in [0.3, 0.4) is 0 Å². The molecule has 5 nitrogen and oxygen atoms in total. The highest BCUT2D eigenvalue weighted by Gasteiger charge is 2.06. The number of rotatable bonds is 4. The fourth-order valence-electron chi connectivity index (χ4n) is 1.67. The van der Waals surface area contributed by atoms with Crippen LogP contribution in [0.25, 0.3) is 11.1 Å². The van der Waals surface area contributed by atoms with E-state index in [1.165, 1.54) is 6.33 Å². The number of anilines is 1. The largest absolute Gasteiger partial charge is 0.378 e. The Morgan fingerprint density at radius 3 is 2.78 bits per heavy atom. The number of nitrogens with zero attached hydrogens (tertiary/aromatic N) is 3. The minimum Gasteiger partial charge on any atom is -0.378 e. The molecule has 18 heavy (non-hydrogen) atoms. The van der Waals surface area contributed by atoms with Gasteiger partial charge in [-0.25, -0.2) is 15.0 Å². The molecular weight excluding hydrogens is 246 g/mol. The lowest BCUT2D eigenvalue weighted by Crippen LogP contribution is -1.99. The zero-order valence-electron chi connectivity index (χ0n) is 9.50. The molecule has 0 amide bonds. The first kappa shape index (κ1) is 10.9. The second kappa shape index (κ2) is 4.97. The van der Waals surface area contributed by atoms with Crippen molar-refractivity contribution in [1.29, 1.82) is 0 Å². The monoisotopic (exact) mass is 257 g/mol. The normalized spacial score (nSPS) is 10.4. The van der Waals surface area contributed by atoms with Crippen LogP contribution in [-0.4, -0.2) is 19.9 Å². The van der Waals surface area contributed by atoms with E-state index >= 15 is 0 Å². The molecule has 0 aliphatic rings. The van der Waals surface area contributed by atoms with Crippen LogP contribution < -0.4 is 5.32 Å². The topological polar surface area (TPSA) is 66.5 Å². The van der Waals surface area contributed by atoms with Gasteiger partial charge in [-0.05, 0) is 0 Å². The van der Waals surface area contributed by atoms with Crippen LogP contribution in [0.4, 0.5) is 5.69 Å². The zero-order valence-corrected chi connectivity index (χ0v) is 10.3. The van der Waals surface area contributed by atoms with Gasteiger partial charge in [-0.2, -0.15) is 0 Å². The van der Waals surface area contributed by atoms with Crippen molar-refractivity contribution in [3.8, 4) is 11.1 Å². The quantitative estimate of drug-likeness (QED) is 0.753. The van der Waals surface area contributed by atoms with Crippen molar-refractivity contribution in [3.63, 3.8) is 0 Å². The molecule has 2 N–H and O–H groups in total. The van der Waals surface area contributed by atoms with E-state index in [1.807, 2.05) is 18.6 Å². The van der Waals surface area contributed by atoms with Gasteiger partial charge >= 0.3 is 0 Å². The van der Waals surface area contributed by atoms with Crippen LogP contribution in [0.2, 0.25) is 0 Å². The summed E-state index contributed by atoms with van der Waals surface area (Å²) in [6.45, 7) is 0.720. The van der Waals surface area contributed by atoms with Gasteiger partial charge in [-0.1, -0.05) is 0 Å². The molecular formula is C12H11N5S. The van der Waals surface area contributed by atoms with E-state index in [1.54, 1.807) is 17.7 Å². The van der Waals surface area contributed by atoms with Gasteiger partial charge in [0.1, 0.15) is 6.33 Å². The minimum atomic E-state index is 0.720. The van der Waals surface area contributed by atoms with E-state index in [-0.39, 0.29) is 0 Å². The average Bonchev–Trinajstić information content (AvgIpc) is 3.09. The molecule has 0 aliphatic heterocycles. The van der Waals surface area contributed by atoms with E-state index in [0.29, 0.717) is 0 Å². The molecule has 0 radical (unpaired) electrons. The number of nitrogens with one attached hydrogen (secondary N) is 2. The minimum absolute atomic E-state index is 0.720. The number of aromatic nitrogens is 4. The summed E-state index contributed by atoms with van der Waals surface area (Å²) in [5, 5.41) is 7.55. The van der Waals surface area contributed by atoms with Crippen LogP contribution in [0.15, 0.2) is 42.0 Å². The van der Waals surface area contributed by atoms with E-state index in [9.17, 15) is 0 Å². The SMILES string of the molecule is c1ncc(-c2cscc2NCc2cnc[nH]2)cn1. The molecule has 3 heterocycles. The molecule has 90 valence electrons. The molecule has 6 heteroatoms. The first-order chi connectivity index (χ1) is 8.93. The van der Waals surface area contributed by atoms with Crippen molar-refractivity contribution in [2.24, 2.45) is 0 Å². The van der Waals surface area contributed by atoms with Crippen LogP contribution in [0.5, 0.6) is 0 Å². The van der Waals surface area contributed by atoms with Crippen molar-refractivity contribution < 1.29 is 0 Å². The predicted molar refractivity (Wildman–Crippen MR) is 71.3 cm³/mol. The van der Waals surface area contributed by atoms with Gasteiger partial charge in [0.05, 0.1) is 24.3 Å². The van der Waals surface area contributed by atoms with Crippen molar-refractivity contribution in [2.45, 2.75) is 6.54 Å². The Morgan fingerprint density at radius 2 is 2.00 bits per heavy atom. The zero-order chi connectivity index (χ0) is 12.2. The first-order valence-electron chi connectivity index (χ1n) is 5.46. The van der Waals surface area contributed by atoms with Gasteiger partial charge < -0.3 is 10.3 Å². The Morgan fingerprint density at radius 1 is 1.11 bits per heavy atom. The Hall–Kier alpha value is -2.21. The lowest BCUT2D eigenvalue weighted by atomic mass is 10.1. The van der Waals surface area contributed by atoms with E-state index in [2.05, 4.69) is 36.0 Å². The number of hydrogen-bond donors (Lipinski definition) is 2. The van der Waals surface area contributed by atoms with Gasteiger partial charge in [0.2, 0.25) is 0 Å². The highest BCUT2D eigenvalue weighted by Crippen LogP contribution is 2.30. The average molecular weight is 257 g/mol. The summed E-state index contributed by atoms with van der Waals surface area (Å²) in [6.07, 6.45) is 8.65. The lowest BCUT2D eigenvalue weighted by molar-refractivity contribution is 1.08. The fraction of sp³-hybridized carbons (Fsp3) is 0.0833. The van der Waals surface area contributed by atoms with Crippen LogP contribution in [0, 0.1) is 0 Å². The molecule has 0 atom stereocenters. The Balaban J connectivity index is 1.80. The number of hydrogen-bond acceptors (Lipinski definition) is 5. The third-order valence-electron chi connectivity index (χ3n) is 2.56. The van der Waals surface area contributed by atoms with E-state index < -0.39 is 0 Å². The van der Waals surface area contributed by atoms with Crippen LogP contribution in [-0.2, 0) is 6.54 Å². The summed E-state index contributed by atoms with van der Waals surface area (Å²) >= 11 is 1.65. The standard InChI is InChI=1S/C12H11N5S/c1-9(2-14-7-13-1)11-5-18-6-12(11)16-4-10-3-15-8-17-10/h1-3,5-8,16H,4H2,(H,15,17). The second-order valence-electron chi connectivity index (χ2n) is 3.76. The molecule has 3 aromatic rings. The number of aromatic amines is 1. The van der Waals surface area contributed by atoms with E-state index in [0.717, 1.165) is 29.1 Å². The highest BCUT2D eigenvalue weighted by atomic mass is 32.1. The molecule has 3 aromatic heterocycles. The van der Waals surface area contributed by atoms with Gasteiger partial charge in [0.25, 0.3) is 0 Å². The second-order valence-corrected chi connectivity index (χ2v) is 4.50. The summed E-state index contributed by atoms with van der Waals surface area (Å²) in [4.78, 5) is 15.1. The summed E-state index contributed by atoms with van der Waals surface area (Å²) < 4.78 is 0. The lowest BCUT2D eigenvalue weighted by Gasteiger charge is -2.06. The Kier molecular flexibility index (Phi) is 3.01. The highest BCUT2D eigenvalue weighted by molar-refractivity contribution is 7.08. The fourth-order valence-corrected chi connectivity index (χ4v) is 2.48. The maximum Gasteiger partial charge on any atom is 0.115 e. The first-order valence-corrected chi connectivity index (χ1v) is 6.40. The molecule has 0 spiro atoms. The number of thiophene rings is 1. The van der Waals surface area contributed by atoms with Crippen molar-refractivity contribution >= 4 is 17.0 Å². The molecule has 0 aromatic carbocycles. The van der Waals surface area contributed by atoms with E-state index in [4.69, 9.17) is 0 Å². The van der Waals surface area contributed by atoms with Gasteiger partial charge in [0.15, 0.2) is 0 Å². The van der Waals surface area contributed by atoms with Gasteiger partial charge in [-0.3, -0.25) is 0 Å². The molecule has 0 bridgehead atoms. The third-order valence-corrected chi connectivity index (χ3v) is 3.30. The Bertz CT molecular complexity index is 602. The van der Waals surface area contributed by atoms with Crippen molar-refractivity contribution in [2.75, 3.05) is 5.32 Å². The van der Waals surface area contributed by atoms with Crippen LogP contribution in [0.1, 0.15) is 5.69 Å². The maximum absolute atomic E-state index is 4.04. The Labute approximate surface area is 108 Å². The summed E-state index contributed by atoms with van der Waals surface area (Å²) in [5.41, 5.74) is 4.28. The van der Waals surface area contributed by atoms with Crippen molar-refractivity contribution in [1.82, 2.24) is 19.9 Å². The molecule has 3 rings (SSSR count). The predicted octanol–water partition coefficient (Wildman–Crippen LogP) is 2.54. The van der Waals surface area contributed by atoms with Crippen molar-refractivity contribution in [3.05, 3.63) is 47.7 Å². The summed E-state index contributed by atoms with van der Waals surface area (Å²) in [6, 6.07) is 0. The number of H-pyrrole nitrogens is 1. The summed E-state index contributed by atoms with van der Waals surface area (Å²) in [5.74, 6) is 0. The molecule has 0 aliphatic carbocycles. The van der Waals surface area contributed by atoms with Gasteiger partial charge in [-0.15, -0.1) is 11.3 Å². The molecule has 0 saturated carbocycles. The number of imidazole rings is 1. The molecule has 0 unspecified atom stereocenters. The van der Waals surface area contributed by atoms with Crippen LogP contribution >= 0.6 is 11.3 Å². The molecule has 0 saturated heterocycles. The van der Waals surface area contributed by atoms with Gasteiger partial charge in [0, 0.05) is 40.5 Å². The smallest absolute Gasteiger partial charge is 0.115 e.